The van der Waals surface area contributed by atoms with Crippen LogP contribution in [0.15, 0.2) is 83.6 Å². The predicted octanol–water partition coefficient (Wildman–Crippen LogP) is 6.65. The average Bonchev–Trinajstić information content (AvgIpc) is 3.29. The maximum absolute atomic E-state index is 12.0. The number of aromatic nitrogens is 5. The van der Waals surface area contributed by atoms with Crippen molar-refractivity contribution < 1.29 is 9.53 Å². The summed E-state index contributed by atoms with van der Waals surface area (Å²) in [5.41, 5.74) is 4.47. The molecule has 0 atom stereocenters. The van der Waals surface area contributed by atoms with Gasteiger partial charge in [-0.3, -0.25) is 10.3 Å². The molecule has 198 valence electrons. The lowest BCUT2D eigenvalue weighted by atomic mass is 10.1. The Kier molecular flexibility index (Phi) is 7.42. The Morgan fingerprint density at radius 2 is 1.72 bits per heavy atom. The number of nitrogens with zero attached hydrogens (tertiary/aromatic N) is 5. The van der Waals surface area contributed by atoms with Gasteiger partial charge in [0.05, 0.1) is 16.4 Å². The quantitative estimate of drug-likeness (QED) is 0.194. The third kappa shape index (κ3) is 6.68. The Labute approximate surface area is 234 Å². The average molecular weight is 587 g/mol. The first-order valence-electron chi connectivity index (χ1n) is 12.3. The molecule has 0 spiro atoms. The van der Waals surface area contributed by atoms with E-state index in [1.165, 1.54) is 0 Å². The molecule has 0 aliphatic heterocycles. The van der Waals surface area contributed by atoms with Gasteiger partial charge < -0.3 is 15.4 Å². The molecule has 0 fully saturated rings. The number of carbonyl (C=O) groups is 1. The van der Waals surface area contributed by atoms with Crippen LogP contribution in [0.2, 0.25) is 0 Å². The SMILES string of the molecule is CC(C)(C)OC(=O)Nc1ccc(Nc2nc(NCc3ccc(-c4ccccn4)cc3)n3ncc(Br)c3n2)cc1. The zero-order valence-corrected chi connectivity index (χ0v) is 23.2. The Hall–Kier alpha value is -4.51. The fourth-order valence-electron chi connectivity index (χ4n) is 3.72. The minimum absolute atomic E-state index is 0.393. The van der Waals surface area contributed by atoms with Gasteiger partial charge in [0, 0.05) is 29.7 Å². The largest absolute Gasteiger partial charge is 0.444 e. The molecule has 1 amide bonds. The van der Waals surface area contributed by atoms with Crippen molar-refractivity contribution in [2.45, 2.75) is 32.9 Å². The highest BCUT2D eigenvalue weighted by atomic mass is 79.9. The van der Waals surface area contributed by atoms with Gasteiger partial charge in [-0.05, 0) is 78.7 Å². The van der Waals surface area contributed by atoms with Crippen LogP contribution >= 0.6 is 15.9 Å². The van der Waals surface area contributed by atoms with Gasteiger partial charge in [-0.25, -0.2) is 4.79 Å². The van der Waals surface area contributed by atoms with E-state index in [1.54, 1.807) is 29.0 Å². The van der Waals surface area contributed by atoms with Crippen LogP contribution in [0.5, 0.6) is 0 Å². The second-order valence-corrected chi connectivity index (χ2v) is 10.5. The number of nitrogens with one attached hydrogen (secondary N) is 3. The normalized spacial score (nSPS) is 11.3. The number of rotatable bonds is 7. The fourth-order valence-corrected chi connectivity index (χ4v) is 4.06. The molecule has 0 radical (unpaired) electrons. The summed E-state index contributed by atoms with van der Waals surface area (Å²) in [7, 11) is 0. The molecule has 0 saturated heterocycles. The van der Waals surface area contributed by atoms with Crippen molar-refractivity contribution in [1.29, 1.82) is 0 Å². The monoisotopic (exact) mass is 586 g/mol. The summed E-state index contributed by atoms with van der Waals surface area (Å²) in [5.74, 6) is 0.926. The van der Waals surface area contributed by atoms with Gasteiger partial charge in [-0.1, -0.05) is 30.3 Å². The Bertz CT molecular complexity index is 1580. The van der Waals surface area contributed by atoms with E-state index in [1.807, 2.05) is 63.2 Å². The third-order valence-electron chi connectivity index (χ3n) is 5.48. The number of benzene rings is 2. The zero-order valence-electron chi connectivity index (χ0n) is 21.6. The molecule has 11 heteroatoms. The van der Waals surface area contributed by atoms with Crippen molar-refractivity contribution in [3.63, 3.8) is 0 Å². The molecule has 3 aromatic heterocycles. The number of halogens is 1. The number of hydrogen-bond acceptors (Lipinski definition) is 8. The van der Waals surface area contributed by atoms with Crippen LogP contribution in [0.4, 0.5) is 28.1 Å². The summed E-state index contributed by atoms with van der Waals surface area (Å²) in [6, 6.07) is 21.3. The molecule has 5 aromatic rings. The van der Waals surface area contributed by atoms with Crippen molar-refractivity contribution in [2.75, 3.05) is 16.0 Å². The van der Waals surface area contributed by atoms with Crippen molar-refractivity contribution in [3.05, 3.63) is 89.2 Å². The number of hydrogen-bond donors (Lipinski definition) is 3. The summed E-state index contributed by atoms with van der Waals surface area (Å²) in [6.45, 7) is 5.99. The van der Waals surface area contributed by atoms with Crippen molar-refractivity contribution in [2.24, 2.45) is 0 Å². The molecule has 5 rings (SSSR count). The molecule has 10 nitrogen and oxygen atoms in total. The minimum Gasteiger partial charge on any atom is -0.444 e. The van der Waals surface area contributed by atoms with Crippen LogP contribution in [-0.2, 0) is 11.3 Å². The van der Waals surface area contributed by atoms with Crippen molar-refractivity contribution >= 4 is 50.9 Å². The second-order valence-electron chi connectivity index (χ2n) is 9.69. The number of pyridine rings is 1. The van der Waals surface area contributed by atoms with E-state index in [4.69, 9.17) is 4.74 Å². The van der Waals surface area contributed by atoms with Crippen LogP contribution in [0.3, 0.4) is 0 Å². The molecule has 3 N–H and O–H groups in total. The summed E-state index contributed by atoms with van der Waals surface area (Å²) >= 11 is 3.51. The lowest BCUT2D eigenvalue weighted by Crippen LogP contribution is -2.27. The van der Waals surface area contributed by atoms with Crippen LogP contribution in [0, 0.1) is 0 Å². The number of fused-ring (bicyclic) bond motifs is 1. The lowest BCUT2D eigenvalue weighted by molar-refractivity contribution is 0.0636. The highest BCUT2D eigenvalue weighted by molar-refractivity contribution is 9.10. The smallest absolute Gasteiger partial charge is 0.412 e. The van der Waals surface area contributed by atoms with Gasteiger partial charge in [-0.2, -0.15) is 19.6 Å². The first-order valence-corrected chi connectivity index (χ1v) is 13.1. The molecule has 0 unspecified atom stereocenters. The minimum atomic E-state index is -0.571. The lowest BCUT2D eigenvalue weighted by Gasteiger charge is -2.19. The van der Waals surface area contributed by atoms with Gasteiger partial charge in [0.25, 0.3) is 0 Å². The van der Waals surface area contributed by atoms with Crippen LogP contribution in [0.1, 0.15) is 26.3 Å². The summed E-state index contributed by atoms with van der Waals surface area (Å²) in [5, 5.41) is 13.7. The van der Waals surface area contributed by atoms with Gasteiger partial charge in [-0.15, -0.1) is 0 Å². The van der Waals surface area contributed by atoms with Gasteiger partial charge in [0.1, 0.15) is 5.60 Å². The first kappa shape index (κ1) is 26.1. The standard InChI is InChI=1S/C28H27BrN8O2/c1-28(2,3)39-27(38)34-21-13-11-20(12-14-21)33-25-35-24-22(29)17-32-37(24)26(36-25)31-16-18-7-9-19(10-8-18)23-6-4-5-15-30-23/h4-15,17H,16H2,1-3H3,(H,34,38)(H2,31,33,35,36). The molecular weight excluding hydrogens is 560 g/mol. The Morgan fingerprint density at radius 1 is 0.974 bits per heavy atom. The maximum atomic E-state index is 12.0. The molecule has 0 bridgehead atoms. The fraction of sp³-hybridized carbons (Fsp3) is 0.179. The molecule has 2 aromatic carbocycles. The van der Waals surface area contributed by atoms with E-state index in [-0.39, 0.29) is 0 Å². The topological polar surface area (TPSA) is 118 Å². The highest BCUT2D eigenvalue weighted by Crippen LogP contribution is 2.24. The Balaban J connectivity index is 1.29. The summed E-state index contributed by atoms with van der Waals surface area (Å²) < 4.78 is 7.69. The third-order valence-corrected chi connectivity index (χ3v) is 6.04. The molecule has 0 saturated carbocycles. The number of anilines is 4. The van der Waals surface area contributed by atoms with E-state index in [0.29, 0.717) is 29.8 Å². The van der Waals surface area contributed by atoms with E-state index < -0.39 is 11.7 Å². The number of amides is 1. The zero-order chi connectivity index (χ0) is 27.4. The van der Waals surface area contributed by atoms with Gasteiger partial charge >= 0.3 is 6.09 Å². The van der Waals surface area contributed by atoms with E-state index in [2.05, 4.69) is 64.1 Å². The van der Waals surface area contributed by atoms with Crippen LogP contribution < -0.4 is 16.0 Å². The predicted molar refractivity (Wildman–Crippen MR) is 155 cm³/mol. The second kappa shape index (κ2) is 11.1. The first-order chi connectivity index (χ1) is 18.7. The maximum Gasteiger partial charge on any atom is 0.412 e. The molecular formula is C28H27BrN8O2. The summed E-state index contributed by atoms with van der Waals surface area (Å²) in [6.07, 6.45) is 2.95. The van der Waals surface area contributed by atoms with E-state index in [9.17, 15) is 4.79 Å². The summed E-state index contributed by atoms with van der Waals surface area (Å²) in [4.78, 5) is 25.7. The Morgan fingerprint density at radius 3 is 2.41 bits per heavy atom. The van der Waals surface area contributed by atoms with Crippen LogP contribution in [0.25, 0.3) is 16.9 Å². The van der Waals surface area contributed by atoms with Gasteiger partial charge in [0.2, 0.25) is 11.9 Å². The molecule has 0 aliphatic rings. The number of carbonyl (C=O) groups excluding carboxylic acids is 1. The number of ether oxygens (including phenoxy) is 1. The van der Waals surface area contributed by atoms with Crippen molar-refractivity contribution in [1.82, 2.24) is 24.6 Å². The molecule has 0 aliphatic carbocycles. The van der Waals surface area contributed by atoms with E-state index in [0.717, 1.165) is 27.0 Å². The van der Waals surface area contributed by atoms with E-state index >= 15 is 0 Å². The molecule has 39 heavy (non-hydrogen) atoms. The van der Waals surface area contributed by atoms with Gasteiger partial charge in [0.15, 0.2) is 5.65 Å². The van der Waals surface area contributed by atoms with Crippen LogP contribution in [-0.4, -0.2) is 36.3 Å². The highest BCUT2D eigenvalue weighted by Gasteiger charge is 2.16. The molecule has 3 heterocycles. The van der Waals surface area contributed by atoms with Crippen molar-refractivity contribution in [3.8, 4) is 11.3 Å².